The van der Waals surface area contributed by atoms with E-state index in [2.05, 4.69) is 48.4 Å². The predicted octanol–water partition coefficient (Wildman–Crippen LogP) is 6.97. The minimum atomic E-state index is -0.288. The first kappa shape index (κ1) is 20.6. The van der Waals surface area contributed by atoms with E-state index in [1.165, 1.54) is 23.0 Å². The number of carbonyl (C=O) groups excluding carboxylic acids is 1. The maximum atomic E-state index is 12.2. The zero-order valence-corrected chi connectivity index (χ0v) is 17.9. The highest BCUT2D eigenvalue weighted by Crippen LogP contribution is 2.27. The Bertz CT molecular complexity index is 974. The second-order valence-electron chi connectivity index (χ2n) is 6.79. The van der Waals surface area contributed by atoms with E-state index in [9.17, 15) is 4.79 Å². The Morgan fingerprint density at radius 3 is 2.46 bits per heavy atom. The van der Waals surface area contributed by atoms with Crippen LogP contribution in [0.15, 0.2) is 53.9 Å². The zero-order valence-electron chi connectivity index (χ0n) is 15.6. The molecule has 3 aromatic rings. The maximum absolute atomic E-state index is 12.2. The van der Waals surface area contributed by atoms with Crippen LogP contribution in [0.3, 0.4) is 0 Å². The number of nitrogens with zero attached hydrogens (tertiary/aromatic N) is 1. The number of halogens is 2. The van der Waals surface area contributed by atoms with Gasteiger partial charge in [0.15, 0.2) is 5.13 Å². The number of hydrogen-bond donors (Lipinski definition) is 1. The van der Waals surface area contributed by atoms with Gasteiger partial charge < -0.3 is 0 Å². The summed E-state index contributed by atoms with van der Waals surface area (Å²) in [5, 5.41) is 6.24. The summed E-state index contributed by atoms with van der Waals surface area (Å²) in [6.45, 7) is 4.41. The third-order valence-corrected chi connectivity index (χ3v) is 5.45. The number of benzene rings is 2. The molecular formula is C22H20Cl2N2OS. The third-order valence-electron chi connectivity index (χ3n) is 4.03. The Balaban J connectivity index is 1.65. The first-order chi connectivity index (χ1) is 13.4. The van der Waals surface area contributed by atoms with Crippen molar-refractivity contribution in [1.82, 2.24) is 4.98 Å². The number of nitrogens with one attached hydrogen (secondary N) is 1. The molecule has 0 atom stereocenters. The molecule has 0 aliphatic carbocycles. The smallest absolute Gasteiger partial charge is 0.250 e. The largest absolute Gasteiger partial charge is 0.298 e. The Kier molecular flexibility index (Phi) is 6.89. The summed E-state index contributed by atoms with van der Waals surface area (Å²) in [5.41, 5.74) is 3.80. The van der Waals surface area contributed by atoms with Crippen molar-refractivity contribution in [2.75, 3.05) is 5.32 Å². The lowest BCUT2D eigenvalue weighted by atomic mass is 10.0. The van der Waals surface area contributed by atoms with Crippen LogP contribution in [0, 0.1) is 5.92 Å². The van der Waals surface area contributed by atoms with Crippen molar-refractivity contribution in [2.24, 2.45) is 5.92 Å². The van der Waals surface area contributed by atoms with Gasteiger partial charge in [0.25, 0.3) is 0 Å². The van der Waals surface area contributed by atoms with Gasteiger partial charge in [-0.1, -0.05) is 67.4 Å². The van der Waals surface area contributed by atoms with E-state index in [-0.39, 0.29) is 5.91 Å². The molecule has 144 valence electrons. The predicted molar refractivity (Wildman–Crippen MR) is 120 cm³/mol. The summed E-state index contributed by atoms with van der Waals surface area (Å²) < 4.78 is 0. The van der Waals surface area contributed by atoms with E-state index < -0.39 is 0 Å². The molecule has 0 radical (unpaired) electrons. The van der Waals surface area contributed by atoms with Gasteiger partial charge >= 0.3 is 0 Å². The molecule has 1 amide bonds. The minimum absolute atomic E-state index is 0.288. The Labute approximate surface area is 179 Å². The fraction of sp³-hybridized carbons (Fsp3) is 0.182. The summed E-state index contributed by atoms with van der Waals surface area (Å²) in [7, 11) is 0. The lowest BCUT2D eigenvalue weighted by Gasteiger charge is -2.05. The normalized spacial score (nSPS) is 11.3. The number of thiazole rings is 1. The van der Waals surface area contributed by atoms with Gasteiger partial charge in [0.2, 0.25) is 5.91 Å². The number of amides is 1. The molecule has 0 saturated heterocycles. The van der Waals surface area contributed by atoms with Crippen molar-refractivity contribution in [3.63, 3.8) is 0 Å². The van der Waals surface area contributed by atoms with Crippen LogP contribution in [0.5, 0.6) is 0 Å². The Morgan fingerprint density at radius 1 is 1.14 bits per heavy atom. The van der Waals surface area contributed by atoms with E-state index >= 15 is 0 Å². The topological polar surface area (TPSA) is 42.0 Å². The van der Waals surface area contributed by atoms with Crippen molar-refractivity contribution in [3.05, 3.63) is 75.1 Å². The molecule has 0 aliphatic heterocycles. The van der Waals surface area contributed by atoms with Gasteiger partial charge in [0, 0.05) is 32.6 Å². The van der Waals surface area contributed by atoms with Crippen molar-refractivity contribution < 1.29 is 4.79 Å². The first-order valence-corrected chi connectivity index (χ1v) is 10.5. The van der Waals surface area contributed by atoms with Crippen LogP contribution in [-0.4, -0.2) is 10.9 Å². The van der Waals surface area contributed by atoms with E-state index in [1.54, 1.807) is 24.3 Å². The average Bonchev–Trinajstić information content (AvgIpc) is 3.10. The van der Waals surface area contributed by atoms with Gasteiger partial charge in [-0.2, -0.15) is 0 Å². The van der Waals surface area contributed by atoms with E-state index in [0.29, 0.717) is 26.7 Å². The van der Waals surface area contributed by atoms with Crippen LogP contribution in [0.2, 0.25) is 10.0 Å². The molecule has 3 nitrogen and oxygen atoms in total. The van der Waals surface area contributed by atoms with Crippen LogP contribution < -0.4 is 5.32 Å². The summed E-state index contributed by atoms with van der Waals surface area (Å²) >= 11 is 13.6. The zero-order chi connectivity index (χ0) is 20.1. The van der Waals surface area contributed by atoms with Gasteiger partial charge in [0.1, 0.15) is 0 Å². The van der Waals surface area contributed by atoms with Crippen LogP contribution in [0.25, 0.3) is 17.3 Å². The van der Waals surface area contributed by atoms with Gasteiger partial charge in [0.05, 0.1) is 5.69 Å². The van der Waals surface area contributed by atoms with Crippen molar-refractivity contribution in [3.8, 4) is 11.3 Å². The SMILES string of the molecule is CC(C)Cc1ccc(-c2csc(NC(=O)/C=C/c3c(Cl)cccc3Cl)n2)cc1. The van der Waals surface area contributed by atoms with Crippen LogP contribution >= 0.6 is 34.5 Å². The standard InChI is InChI=1S/C22H20Cl2N2OS/c1-14(2)12-15-6-8-16(9-7-15)20-13-28-22(25-20)26-21(27)11-10-17-18(23)4-3-5-19(17)24/h3-11,13-14H,12H2,1-2H3,(H,25,26,27)/b11-10+. The summed E-state index contributed by atoms with van der Waals surface area (Å²) in [5.74, 6) is 0.338. The molecule has 2 aromatic carbocycles. The number of hydrogen-bond acceptors (Lipinski definition) is 3. The minimum Gasteiger partial charge on any atom is -0.298 e. The van der Waals surface area contributed by atoms with Crippen LogP contribution in [0.1, 0.15) is 25.0 Å². The van der Waals surface area contributed by atoms with E-state index in [0.717, 1.165) is 17.7 Å². The molecule has 28 heavy (non-hydrogen) atoms. The van der Waals surface area contributed by atoms with Crippen molar-refractivity contribution in [1.29, 1.82) is 0 Å². The van der Waals surface area contributed by atoms with E-state index in [1.807, 2.05) is 5.38 Å². The first-order valence-electron chi connectivity index (χ1n) is 8.90. The molecule has 1 aromatic heterocycles. The molecule has 0 aliphatic rings. The highest BCUT2D eigenvalue weighted by molar-refractivity contribution is 7.14. The van der Waals surface area contributed by atoms with Crippen molar-refractivity contribution in [2.45, 2.75) is 20.3 Å². The molecule has 1 heterocycles. The number of anilines is 1. The highest BCUT2D eigenvalue weighted by atomic mass is 35.5. The summed E-state index contributed by atoms with van der Waals surface area (Å²) in [6.07, 6.45) is 4.05. The molecule has 0 saturated carbocycles. The average molecular weight is 431 g/mol. The fourth-order valence-electron chi connectivity index (χ4n) is 2.72. The lowest BCUT2D eigenvalue weighted by Crippen LogP contribution is -2.07. The van der Waals surface area contributed by atoms with Gasteiger partial charge in [-0.05, 0) is 36.1 Å². The molecule has 1 N–H and O–H groups in total. The number of rotatable bonds is 6. The van der Waals surface area contributed by atoms with Crippen LogP contribution in [0.4, 0.5) is 5.13 Å². The van der Waals surface area contributed by atoms with Gasteiger partial charge in [-0.3, -0.25) is 10.1 Å². The van der Waals surface area contributed by atoms with E-state index in [4.69, 9.17) is 23.2 Å². The maximum Gasteiger partial charge on any atom is 0.250 e. The molecule has 0 unspecified atom stereocenters. The number of carbonyl (C=O) groups is 1. The quantitative estimate of drug-likeness (QED) is 0.429. The van der Waals surface area contributed by atoms with Gasteiger partial charge in [-0.15, -0.1) is 11.3 Å². The summed E-state index contributed by atoms with van der Waals surface area (Å²) in [4.78, 5) is 16.7. The van der Waals surface area contributed by atoms with Crippen molar-refractivity contribution >= 4 is 51.7 Å². The lowest BCUT2D eigenvalue weighted by molar-refractivity contribution is -0.111. The Morgan fingerprint density at radius 2 is 1.82 bits per heavy atom. The second-order valence-corrected chi connectivity index (χ2v) is 8.46. The molecular weight excluding hydrogens is 411 g/mol. The van der Waals surface area contributed by atoms with Gasteiger partial charge in [-0.25, -0.2) is 4.98 Å². The fourth-order valence-corrected chi connectivity index (χ4v) is 3.97. The molecule has 0 fully saturated rings. The molecule has 3 rings (SSSR count). The Hall–Kier alpha value is -2.14. The second kappa shape index (κ2) is 9.37. The van der Waals surface area contributed by atoms with Crippen LogP contribution in [-0.2, 0) is 11.2 Å². The monoisotopic (exact) mass is 430 g/mol. The third kappa shape index (κ3) is 5.44. The molecule has 6 heteroatoms. The molecule has 0 bridgehead atoms. The highest BCUT2D eigenvalue weighted by Gasteiger charge is 2.08. The molecule has 0 spiro atoms. The summed E-state index contributed by atoms with van der Waals surface area (Å²) in [6, 6.07) is 13.6. The number of aromatic nitrogens is 1.